The number of esters is 2. The molecule has 0 heterocycles. The molecule has 2 atom stereocenters. The van der Waals surface area contributed by atoms with Gasteiger partial charge in [0.1, 0.15) is 0 Å². The van der Waals surface area contributed by atoms with Crippen molar-refractivity contribution in [3.8, 4) is 0 Å². The van der Waals surface area contributed by atoms with Crippen LogP contribution in [0.5, 0.6) is 0 Å². The Morgan fingerprint density at radius 1 is 1.00 bits per heavy atom. The largest absolute Gasteiger partial charge is 0.440 e. The van der Waals surface area contributed by atoms with E-state index in [0.29, 0.717) is 0 Å². The van der Waals surface area contributed by atoms with E-state index in [0.717, 1.165) is 6.92 Å². The minimum Gasteiger partial charge on any atom is -0.411 e. The molecule has 0 saturated heterocycles. The maximum atomic E-state index is 12.6. The van der Waals surface area contributed by atoms with Crippen LogP contribution in [-0.4, -0.2) is 40.9 Å². The molecule has 0 fully saturated rings. The Hall–Kier alpha value is -2.16. The van der Waals surface area contributed by atoms with Crippen LogP contribution in [0, 0.1) is 11.3 Å². The molecular formula is C16H26O9. The third-order valence-electron chi connectivity index (χ3n) is 3.67. The van der Waals surface area contributed by atoms with Gasteiger partial charge in [0, 0.05) is 13.3 Å². The number of aliphatic hydroxyl groups excluding tert-OH is 1. The van der Waals surface area contributed by atoms with Gasteiger partial charge in [-0.05, 0) is 20.8 Å². The fraction of sp³-hybridized carbons (Fsp3) is 0.750. The zero-order valence-electron chi connectivity index (χ0n) is 15.6. The van der Waals surface area contributed by atoms with Gasteiger partial charge in [0.25, 0.3) is 0 Å². The Kier molecular flexibility index (Phi) is 8.04. The number of hydrogen-bond donors (Lipinski definition) is 1. The molecule has 9 nitrogen and oxygen atoms in total. The van der Waals surface area contributed by atoms with Crippen LogP contribution in [0.4, 0.5) is 0 Å². The first-order valence-electron chi connectivity index (χ1n) is 7.84. The maximum absolute atomic E-state index is 12.6. The van der Waals surface area contributed by atoms with Crippen molar-refractivity contribution in [3.05, 3.63) is 0 Å². The molecular weight excluding hydrogens is 336 g/mol. The van der Waals surface area contributed by atoms with E-state index < -0.39 is 47.1 Å². The second-order valence-electron chi connectivity index (χ2n) is 6.36. The molecule has 0 saturated carbocycles. The summed E-state index contributed by atoms with van der Waals surface area (Å²) >= 11 is 0. The zero-order valence-corrected chi connectivity index (χ0v) is 15.6. The van der Waals surface area contributed by atoms with Crippen LogP contribution < -0.4 is 0 Å². The van der Waals surface area contributed by atoms with Gasteiger partial charge in [-0.2, -0.15) is 0 Å². The van der Waals surface area contributed by atoms with Crippen molar-refractivity contribution in [3.63, 3.8) is 0 Å². The number of aliphatic hydroxyl groups is 1. The second kappa shape index (κ2) is 8.80. The second-order valence-corrected chi connectivity index (χ2v) is 6.36. The molecule has 2 unspecified atom stereocenters. The summed E-state index contributed by atoms with van der Waals surface area (Å²) in [6.07, 6.45) is -1.41. The average molecular weight is 362 g/mol. The van der Waals surface area contributed by atoms with Crippen LogP contribution in [0.15, 0.2) is 0 Å². The molecule has 0 aliphatic carbocycles. The summed E-state index contributed by atoms with van der Waals surface area (Å²) in [5.74, 6) is -7.41. The monoisotopic (exact) mass is 362 g/mol. The highest BCUT2D eigenvalue weighted by Crippen LogP contribution is 2.40. The quantitative estimate of drug-likeness (QED) is 0.308. The fourth-order valence-corrected chi connectivity index (χ4v) is 1.57. The van der Waals surface area contributed by atoms with Crippen molar-refractivity contribution in [2.45, 2.75) is 66.8 Å². The number of rotatable bonds is 7. The van der Waals surface area contributed by atoms with E-state index in [1.807, 2.05) is 0 Å². The predicted octanol–water partition coefficient (Wildman–Crippen LogP) is 1.26. The molecule has 25 heavy (non-hydrogen) atoms. The summed E-state index contributed by atoms with van der Waals surface area (Å²) in [7, 11) is 0. The smallest absolute Gasteiger partial charge is 0.411 e. The van der Waals surface area contributed by atoms with Crippen molar-refractivity contribution in [1.29, 1.82) is 0 Å². The number of ether oxygens (including phenoxy) is 2. The van der Waals surface area contributed by atoms with Gasteiger partial charge < -0.3 is 14.6 Å². The summed E-state index contributed by atoms with van der Waals surface area (Å²) < 4.78 is 10.1. The van der Waals surface area contributed by atoms with Crippen molar-refractivity contribution < 1.29 is 43.5 Å². The van der Waals surface area contributed by atoms with Crippen molar-refractivity contribution in [2.75, 3.05) is 0 Å². The Balaban J connectivity index is 5.97. The molecule has 0 rings (SSSR count). The normalized spacial score (nSPS) is 14.9. The summed E-state index contributed by atoms with van der Waals surface area (Å²) in [5.41, 5.74) is -1.62. The summed E-state index contributed by atoms with van der Waals surface area (Å²) in [6.45, 7) is 9.43. The van der Waals surface area contributed by atoms with Gasteiger partial charge in [-0.25, -0.2) is 19.4 Å². The van der Waals surface area contributed by atoms with Crippen LogP contribution >= 0.6 is 0 Å². The minimum absolute atomic E-state index is 0.141. The van der Waals surface area contributed by atoms with Crippen molar-refractivity contribution in [1.82, 2.24) is 0 Å². The molecule has 0 aliphatic heterocycles. The standard InChI is InChI=1S/C16H26O9/c1-8-12(19)23-16(22-11(5)18,15(6,7)10(4)17)14(21)25-24-13(20)9(2)3/h9-10,17H,8H2,1-7H3. The summed E-state index contributed by atoms with van der Waals surface area (Å²) in [6, 6.07) is 0. The lowest BCUT2D eigenvalue weighted by Crippen LogP contribution is -2.61. The molecule has 0 aromatic heterocycles. The third kappa shape index (κ3) is 5.42. The number of carbonyl (C=O) groups excluding carboxylic acids is 4. The lowest BCUT2D eigenvalue weighted by Gasteiger charge is -2.42. The van der Waals surface area contributed by atoms with Gasteiger partial charge in [-0.1, -0.05) is 20.8 Å². The van der Waals surface area contributed by atoms with Crippen molar-refractivity contribution in [2.24, 2.45) is 11.3 Å². The molecule has 0 aromatic carbocycles. The van der Waals surface area contributed by atoms with E-state index in [4.69, 9.17) is 9.47 Å². The van der Waals surface area contributed by atoms with E-state index in [-0.39, 0.29) is 6.42 Å². The average Bonchev–Trinajstić information content (AvgIpc) is 2.49. The maximum Gasteiger partial charge on any atom is 0.440 e. The molecule has 0 aromatic rings. The van der Waals surface area contributed by atoms with E-state index in [1.165, 1.54) is 41.5 Å². The third-order valence-corrected chi connectivity index (χ3v) is 3.67. The first-order valence-corrected chi connectivity index (χ1v) is 7.84. The van der Waals surface area contributed by atoms with E-state index >= 15 is 0 Å². The van der Waals surface area contributed by atoms with Crippen LogP contribution in [0.2, 0.25) is 0 Å². The molecule has 9 heteroatoms. The number of hydrogen-bond acceptors (Lipinski definition) is 9. The predicted molar refractivity (Wildman–Crippen MR) is 83.4 cm³/mol. The lowest BCUT2D eigenvalue weighted by atomic mass is 9.78. The van der Waals surface area contributed by atoms with Gasteiger partial charge in [-0.15, -0.1) is 0 Å². The Labute approximate surface area is 146 Å². The fourth-order valence-electron chi connectivity index (χ4n) is 1.57. The van der Waals surface area contributed by atoms with E-state index in [1.54, 1.807) is 0 Å². The van der Waals surface area contributed by atoms with Crippen LogP contribution in [0.25, 0.3) is 0 Å². The topological polar surface area (TPSA) is 125 Å². The molecule has 0 amide bonds. The van der Waals surface area contributed by atoms with Gasteiger partial charge in [-0.3, -0.25) is 9.59 Å². The molecule has 1 N–H and O–H groups in total. The van der Waals surface area contributed by atoms with Gasteiger partial charge >= 0.3 is 29.7 Å². The lowest BCUT2D eigenvalue weighted by molar-refractivity contribution is -0.318. The first kappa shape index (κ1) is 22.8. The molecule has 0 radical (unpaired) electrons. The van der Waals surface area contributed by atoms with E-state index in [2.05, 4.69) is 9.78 Å². The van der Waals surface area contributed by atoms with Crippen molar-refractivity contribution >= 4 is 23.9 Å². The minimum atomic E-state index is -2.64. The molecule has 0 aliphatic rings. The van der Waals surface area contributed by atoms with E-state index in [9.17, 15) is 24.3 Å². The van der Waals surface area contributed by atoms with Crippen LogP contribution in [-0.2, 0) is 38.4 Å². The summed E-state index contributed by atoms with van der Waals surface area (Å²) in [5, 5.41) is 10.0. The first-order chi connectivity index (χ1) is 11.3. The van der Waals surface area contributed by atoms with Crippen LogP contribution in [0.3, 0.4) is 0 Å². The molecule has 0 spiro atoms. The van der Waals surface area contributed by atoms with Gasteiger partial charge in [0.2, 0.25) is 0 Å². The highest BCUT2D eigenvalue weighted by atomic mass is 17.2. The summed E-state index contributed by atoms with van der Waals surface area (Å²) in [4.78, 5) is 56.3. The number of carbonyl (C=O) groups is 4. The zero-order chi connectivity index (χ0) is 20.0. The van der Waals surface area contributed by atoms with Gasteiger partial charge in [0.05, 0.1) is 17.4 Å². The Morgan fingerprint density at radius 2 is 1.52 bits per heavy atom. The highest BCUT2D eigenvalue weighted by Gasteiger charge is 2.63. The Morgan fingerprint density at radius 3 is 1.88 bits per heavy atom. The Bertz CT molecular complexity index is 522. The van der Waals surface area contributed by atoms with Gasteiger partial charge in [0.15, 0.2) is 0 Å². The molecule has 0 bridgehead atoms. The highest BCUT2D eigenvalue weighted by molar-refractivity contribution is 5.86. The molecule has 144 valence electrons. The SMILES string of the molecule is CCC(=O)OC(OC(C)=O)(C(=O)OOC(=O)C(C)C)C(C)(C)C(C)O. The van der Waals surface area contributed by atoms with Crippen LogP contribution in [0.1, 0.15) is 54.9 Å².